The molecule has 2 saturated heterocycles. The minimum atomic E-state index is -0.469. The van der Waals surface area contributed by atoms with Gasteiger partial charge in [-0.15, -0.1) is 0 Å². The zero-order chi connectivity index (χ0) is 13.3. The predicted octanol–water partition coefficient (Wildman–Crippen LogP) is 1.17. The van der Waals surface area contributed by atoms with E-state index in [4.69, 9.17) is 4.74 Å². The van der Waals surface area contributed by atoms with Gasteiger partial charge >= 0.3 is 6.09 Å². The van der Waals surface area contributed by atoms with Crippen LogP contribution in [0.25, 0.3) is 0 Å². The molecule has 2 heterocycles. The van der Waals surface area contributed by atoms with Crippen molar-refractivity contribution in [3.8, 4) is 0 Å². The summed E-state index contributed by atoms with van der Waals surface area (Å²) in [4.78, 5) is 25.4. The Kier molecular flexibility index (Phi) is 3.61. The second-order valence-corrected chi connectivity index (χ2v) is 6.10. The van der Waals surface area contributed by atoms with Crippen LogP contribution in [-0.4, -0.2) is 48.1 Å². The van der Waals surface area contributed by atoms with E-state index in [-0.39, 0.29) is 18.1 Å². The number of ketones is 1. The molecule has 0 aliphatic carbocycles. The molecule has 2 fully saturated rings. The number of rotatable bonds is 0. The molecule has 2 unspecified atom stereocenters. The molecule has 2 aliphatic rings. The molecule has 0 bridgehead atoms. The molecule has 0 saturated carbocycles. The van der Waals surface area contributed by atoms with E-state index in [1.165, 1.54) is 0 Å². The van der Waals surface area contributed by atoms with Crippen molar-refractivity contribution in [2.75, 3.05) is 19.6 Å². The standard InChI is InChI=1S/C13H22N2O3/c1-13(2,3)18-12(17)15-7-5-9-10(8-15)14-6-4-11(9)16/h9-10,14H,4-8H2,1-3H3. The molecule has 2 rings (SSSR count). The summed E-state index contributed by atoms with van der Waals surface area (Å²) in [6, 6.07) is 0.104. The first-order valence-electron chi connectivity index (χ1n) is 6.61. The molecule has 2 aliphatic heterocycles. The number of nitrogens with zero attached hydrogens (tertiary/aromatic N) is 1. The average molecular weight is 254 g/mol. The quantitative estimate of drug-likeness (QED) is 0.705. The fourth-order valence-corrected chi connectivity index (χ4v) is 2.60. The fourth-order valence-electron chi connectivity index (χ4n) is 2.60. The molecule has 18 heavy (non-hydrogen) atoms. The summed E-state index contributed by atoms with van der Waals surface area (Å²) in [5.74, 6) is 0.417. The SMILES string of the molecule is CC(C)(C)OC(=O)N1CCC2C(=O)CCNC2C1. The smallest absolute Gasteiger partial charge is 0.410 e. The number of carbonyl (C=O) groups is 2. The molecule has 0 radical (unpaired) electrons. The Morgan fingerprint density at radius 2 is 2.17 bits per heavy atom. The lowest BCUT2D eigenvalue weighted by Crippen LogP contribution is -2.58. The van der Waals surface area contributed by atoms with E-state index in [9.17, 15) is 9.59 Å². The highest BCUT2D eigenvalue weighted by atomic mass is 16.6. The fraction of sp³-hybridized carbons (Fsp3) is 0.846. The van der Waals surface area contributed by atoms with Crippen LogP contribution >= 0.6 is 0 Å². The summed E-state index contributed by atoms with van der Waals surface area (Å²) in [6.45, 7) is 7.50. The van der Waals surface area contributed by atoms with Crippen molar-refractivity contribution in [3.63, 3.8) is 0 Å². The van der Waals surface area contributed by atoms with E-state index in [0.717, 1.165) is 13.0 Å². The monoisotopic (exact) mass is 254 g/mol. The molecule has 102 valence electrons. The van der Waals surface area contributed by atoms with Crippen molar-refractivity contribution < 1.29 is 14.3 Å². The van der Waals surface area contributed by atoms with Gasteiger partial charge in [0.25, 0.3) is 0 Å². The van der Waals surface area contributed by atoms with Gasteiger partial charge in [-0.3, -0.25) is 4.79 Å². The summed E-state index contributed by atoms with van der Waals surface area (Å²) in [5.41, 5.74) is -0.469. The maximum absolute atomic E-state index is 12.0. The minimum Gasteiger partial charge on any atom is -0.444 e. The van der Waals surface area contributed by atoms with Crippen LogP contribution in [-0.2, 0) is 9.53 Å². The van der Waals surface area contributed by atoms with Crippen LogP contribution in [0.3, 0.4) is 0 Å². The number of fused-ring (bicyclic) bond motifs is 1. The van der Waals surface area contributed by atoms with E-state index in [1.54, 1.807) is 4.90 Å². The second-order valence-electron chi connectivity index (χ2n) is 6.10. The maximum atomic E-state index is 12.0. The Morgan fingerprint density at radius 3 is 2.83 bits per heavy atom. The number of likely N-dealkylation sites (tertiary alicyclic amines) is 1. The number of hydrogen-bond acceptors (Lipinski definition) is 4. The van der Waals surface area contributed by atoms with E-state index in [1.807, 2.05) is 20.8 Å². The Morgan fingerprint density at radius 1 is 1.44 bits per heavy atom. The number of amides is 1. The highest BCUT2D eigenvalue weighted by Gasteiger charge is 2.38. The van der Waals surface area contributed by atoms with E-state index >= 15 is 0 Å². The van der Waals surface area contributed by atoms with Gasteiger partial charge < -0.3 is 15.0 Å². The first-order valence-corrected chi connectivity index (χ1v) is 6.61. The topological polar surface area (TPSA) is 58.6 Å². The van der Waals surface area contributed by atoms with E-state index in [2.05, 4.69) is 5.32 Å². The first kappa shape index (κ1) is 13.3. The number of carbonyl (C=O) groups excluding carboxylic acids is 2. The van der Waals surface area contributed by atoms with Crippen molar-refractivity contribution >= 4 is 11.9 Å². The largest absolute Gasteiger partial charge is 0.444 e. The Bertz CT molecular complexity index is 349. The van der Waals surface area contributed by atoms with Crippen molar-refractivity contribution in [3.05, 3.63) is 0 Å². The molecule has 1 N–H and O–H groups in total. The molecule has 0 aromatic rings. The molecule has 0 aromatic heterocycles. The number of ether oxygens (including phenoxy) is 1. The van der Waals surface area contributed by atoms with Gasteiger partial charge in [-0.25, -0.2) is 4.79 Å². The third-order valence-corrected chi connectivity index (χ3v) is 3.46. The molecule has 5 heteroatoms. The summed E-state index contributed by atoms with van der Waals surface area (Å²) in [6.07, 6.45) is 1.09. The van der Waals surface area contributed by atoms with Gasteiger partial charge in [0.2, 0.25) is 0 Å². The summed E-state index contributed by atoms with van der Waals surface area (Å²) in [5, 5.41) is 3.33. The lowest BCUT2D eigenvalue weighted by atomic mass is 9.84. The van der Waals surface area contributed by atoms with Crippen molar-refractivity contribution in [2.45, 2.75) is 45.3 Å². The molecule has 2 atom stereocenters. The predicted molar refractivity (Wildman–Crippen MR) is 67.3 cm³/mol. The summed E-state index contributed by atoms with van der Waals surface area (Å²) >= 11 is 0. The highest BCUT2D eigenvalue weighted by molar-refractivity contribution is 5.83. The number of piperidine rings is 2. The third kappa shape index (κ3) is 3.02. The average Bonchev–Trinajstić information content (AvgIpc) is 2.26. The summed E-state index contributed by atoms with van der Waals surface area (Å²) in [7, 11) is 0. The van der Waals surface area contributed by atoms with Gasteiger partial charge in [0.1, 0.15) is 11.4 Å². The zero-order valence-electron chi connectivity index (χ0n) is 11.4. The van der Waals surface area contributed by atoms with Gasteiger partial charge in [0.05, 0.1) is 0 Å². The lowest BCUT2D eigenvalue weighted by molar-refractivity contribution is -0.127. The van der Waals surface area contributed by atoms with Gasteiger partial charge in [-0.1, -0.05) is 0 Å². The van der Waals surface area contributed by atoms with Crippen LogP contribution in [0, 0.1) is 5.92 Å². The number of hydrogen-bond donors (Lipinski definition) is 1. The van der Waals surface area contributed by atoms with Gasteiger partial charge in [0, 0.05) is 38.0 Å². The first-order chi connectivity index (χ1) is 8.37. The van der Waals surface area contributed by atoms with Crippen LogP contribution in [0.2, 0.25) is 0 Å². The molecule has 0 spiro atoms. The van der Waals surface area contributed by atoms with Crippen LogP contribution in [0.1, 0.15) is 33.6 Å². The molecule has 0 aromatic carbocycles. The van der Waals surface area contributed by atoms with Crippen LogP contribution in [0.5, 0.6) is 0 Å². The number of Topliss-reactive ketones (excluding diaryl/α,β-unsaturated/α-hetero) is 1. The van der Waals surface area contributed by atoms with Gasteiger partial charge in [0.15, 0.2) is 0 Å². The van der Waals surface area contributed by atoms with Crippen molar-refractivity contribution in [1.29, 1.82) is 0 Å². The minimum absolute atomic E-state index is 0.0810. The van der Waals surface area contributed by atoms with Gasteiger partial charge in [-0.2, -0.15) is 0 Å². The molecule has 1 amide bonds. The van der Waals surface area contributed by atoms with E-state index < -0.39 is 5.60 Å². The highest BCUT2D eigenvalue weighted by Crippen LogP contribution is 2.24. The maximum Gasteiger partial charge on any atom is 0.410 e. The molecular weight excluding hydrogens is 232 g/mol. The van der Waals surface area contributed by atoms with Crippen molar-refractivity contribution in [2.24, 2.45) is 5.92 Å². The molecular formula is C13H22N2O3. The van der Waals surface area contributed by atoms with Crippen molar-refractivity contribution in [1.82, 2.24) is 10.2 Å². The van der Waals surface area contributed by atoms with Gasteiger partial charge in [-0.05, 0) is 27.2 Å². The summed E-state index contributed by atoms with van der Waals surface area (Å²) < 4.78 is 5.36. The van der Waals surface area contributed by atoms with Crippen LogP contribution < -0.4 is 5.32 Å². The number of nitrogens with one attached hydrogen (secondary N) is 1. The molecule has 5 nitrogen and oxygen atoms in total. The van der Waals surface area contributed by atoms with Crippen LogP contribution in [0.4, 0.5) is 4.79 Å². The van der Waals surface area contributed by atoms with Crippen LogP contribution in [0.15, 0.2) is 0 Å². The Labute approximate surface area is 108 Å². The second kappa shape index (κ2) is 4.88. The van der Waals surface area contributed by atoms with E-state index in [0.29, 0.717) is 25.3 Å². The zero-order valence-corrected chi connectivity index (χ0v) is 11.4. The normalized spacial score (nSPS) is 28.8. The Balaban J connectivity index is 1.94. The third-order valence-electron chi connectivity index (χ3n) is 3.46. The lowest BCUT2D eigenvalue weighted by Gasteiger charge is -2.41. The Hall–Kier alpha value is -1.10.